The summed E-state index contributed by atoms with van der Waals surface area (Å²) in [6, 6.07) is 7.61. The quantitative estimate of drug-likeness (QED) is 0.589. The minimum Gasteiger partial charge on any atom is -0.465 e. The third-order valence-corrected chi connectivity index (χ3v) is 3.90. The molecule has 1 aromatic carbocycles. The van der Waals surface area contributed by atoms with Gasteiger partial charge in [-0.15, -0.1) is 0 Å². The minimum absolute atomic E-state index is 0.0440. The van der Waals surface area contributed by atoms with E-state index in [1.807, 2.05) is 18.2 Å². The molecule has 0 N–H and O–H groups in total. The Hall–Kier alpha value is -1.11. The summed E-state index contributed by atoms with van der Waals surface area (Å²) in [5, 5.41) is 0. The zero-order valence-electron chi connectivity index (χ0n) is 10.8. The maximum absolute atomic E-state index is 12.5. The highest BCUT2D eigenvalue weighted by molar-refractivity contribution is 14.1. The Bertz CT molecular complexity index is 485. The molecule has 0 spiro atoms. The fraction of sp³-hybridized carbons (Fsp3) is 0.429. The maximum atomic E-state index is 12.5. The van der Waals surface area contributed by atoms with E-state index in [0.717, 1.165) is 16.4 Å². The van der Waals surface area contributed by atoms with Crippen LogP contribution >= 0.6 is 22.6 Å². The summed E-state index contributed by atoms with van der Waals surface area (Å²) in [6.45, 7) is 2.15. The molecule has 19 heavy (non-hydrogen) atoms. The van der Waals surface area contributed by atoms with Gasteiger partial charge in [0.15, 0.2) is 0 Å². The molecule has 0 bridgehead atoms. The van der Waals surface area contributed by atoms with E-state index in [0.29, 0.717) is 12.2 Å². The summed E-state index contributed by atoms with van der Waals surface area (Å²) < 4.78 is 5.83. The van der Waals surface area contributed by atoms with Crippen molar-refractivity contribution in [3.8, 4) is 0 Å². The average Bonchev–Trinajstić information content (AvgIpc) is 3.20. The molecule has 0 atom stereocenters. The van der Waals surface area contributed by atoms with Crippen molar-refractivity contribution < 1.29 is 14.3 Å². The van der Waals surface area contributed by atoms with Crippen LogP contribution in [0.1, 0.15) is 30.1 Å². The molecule has 1 saturated carbocycles. The first-order valence-corrected chi connectivity index (χ1v) is 7.42. The Balaban J connectivity index is 2.13. The van der Waals surface area contributed by atoms with Crippen molar-refractivity contribution in [2.45, 2.75) is 25.8 Å². The second-order valence-electron chi connectivity index (χ2n) is 4.45. The largest absolute Gasteiger partial charge is 0.465 e. The summed E-state index contributed by atoms with van der Waals surface area (Å²) in [6.07, 6.45) is 1.93. The maximum Gasteiger partial charge on any atom is 0.325 e. The number of nitrogens with zero attached hydrogens (tertiary/aromatic N) is 1. The van der Waals surface area contributed by atoms with E-state index < -0.39 is 0 Å². The van der Waals surface area contributed by atoms with Crippen LogP contribution in [0.2, 0.25) is 0 Å². The van der Waals surface area contributed by atoms with Gasteiger partial charge in [-0.25, -0.2) is 0 Å². The summed E-state index contributed by atoms with van der Waals surface area (Å²) in [7, 11) is 0. The molecule has 1 aromatic rings. The average molecular weight is 373 g/mol. The van der Waals surface area contributed by atoms with Crippen molar-refractivity contribution in [1.82, 2.24) is 4.90 Å². The van der Waals surface area contributed by atoms with Crippen LogP contribution in [0, 0.1) is 3.57 Å². The molecule has 1 aliphatic rings. The lowest BCUT2D eigenvalue weighted by molar-refractivity contribution is -0.144. The Labute approximate surface area is 126 Å². The first-order valence-electron chi connectivity index (χ1n) is 6.34. The number of amides is 1. The molecule has 5 heteroatoms. The van der Waals surface area contributed by atoms with Crippen LogP contribution in [0.25, 0.3) is 0 Å². The van der Waals surface area contributed by atoms with Crippen LogP contribution in [0.4, 0.5) is 0 Å². The van der Waals surface area contributed by atoms with E-state index >= 15 is 0 Å². The smallest absolute Gasteiger partial charge is 0.325 e. The van der Waals surface area contributed by atoms with Crippen LogP contribution in [0.5, 0.6) is 0 Å². The lowest BCUT2D eigenvalue weighted by Gasteiger charge is -2.21. The minimum atomic E-state index is -0.339. The highest BCUT2D eigenvalue weighted by atomic mass is 127. The number of benzene rings is 1. The number of esters is 1. The molecule has 0 aromatic heterocycles. The van der Waals surface area contributed by atoms with Gasteiger partial charge in [0.1, 0.15) is 6.54 Å². The number of ether oxygens (including phenoxy) is 1. The van der Waals surface area contributed by atoms with Crippen molar-refractivity contribution in [3.63, 3.8) is 0 Å². The highest BCUT2D eigenvalue weighted by Gasteiger charge is 2.35. The van der Waals surface area contributed by atoms with Crippen molar-refractivity contribution >= 4 is 34.5 Å². The lowest BCUT2D eigenvalue weighted by atomic mass is 10.2. The molecule has 2 rings (SSSR count). The number of rotatable bonds is 5. The van der Waals surface area contributed by atoms with Crippen LogP contribution < -0.4 is 0 Å². The van der Waals surface area contributed by atoms with E-state index in [1.165, 1.54) is 0 Å². The number of carbonyl (C=O) groups is 2. The Morgan fingerprint density at radius 1 is 1.37 bits per heavy atom. The van der Waals surface area contributed by atoms with E-state index in [4.69, 9.17) is 4.74 Å². The topological polar surface area (TPSA) is 46.6 Å². The molecule has 1 aliphatic carbocycles. The molecule has 1 amide bonds. The first-order chi connectivity index (χ1) is 9.13. The van der Waals surface area contributed by atoms with Crippen molar-refractivity contribution in [3.05, 3.63) is 33.4 Å². The van der Waals surface area contributed by atoms with E-state index in [-0.39, 0.29) is 24.5 Å². The van der Waals surface area contributed by atoms with Crippen molar-refractivity contribution in [1.29, 1.82) is 0 Å². The second-order valence-corrected chi connectivity index (χ2v) is 5.61. The van der Waals surface area contributed by atoms with Gasteiger partial charge in [0.05, 0.1) is 12.2 Å². The monoisotopic (exact) mass is 373 g/mol. The summed E-state index contributed by atoms with van der Waals surface area (Å²) in [5.74, 6) is -0.422. The van der Waals surface area contributed by atoms with Gasteiger partial charge in [-0.2, -0.15) is 0 Å². The Morgan fingerprint density at radius 2 is 2.05 bits per heavy atom. The van der Waals surface area contributed by atoms with Gasteiger partial charge < -0.3 is 9.64 Å². The standard InChI is InChI=1S/C14H16INO3/c1-2-19-13(17)9-16(10-7-8-10)14(18)11-5-3-4-6-12(11)15/h3-6,10H,2,7-9H2,1H3. The molecular weight excluding hydrogens is 357 g/mol. The fourth-order valence-corrected chi connectivity index (χ4v) is 2.51. The molecule has 0 saturated heterocycles. The van der Waals surface area contributed by atoms with Crippen LogP contribution in [-0.4, -0.2) is 36.0 Å². The zero-order valence-corrected chi connectivity index (χ0v) is 12.9. The Morgan fingerprint density at radius 3 is 2.63 bits per heavy atom. The summed E-state index contributed by atoms with van der Waals surface area (Å²) in [4.78, 5) is 25.7. The van der Waals surface area contributed by atoms with Crippen molar-refractivity contribution in [2.75, 3.05) is 13.2 Å². The first kappa shape index (κ1) is 14.3. The molecule has 0 heterocycles. The second kappa shape index (κ2) is 6.36. The number of halogens is 1. The molecule has 102 valence electrons. The molecule has 0 unspecified atom stereocenters. The van der Waals surface area contributed by atoms with Crippen LogP contribution in [0.15, 0.2) is 24.3 Å². The van der Waals surface area contributed by atoms with Gasteiger partial charge in [-0.1, -0.05) is 12.1 Å². The van der Waals surface area contributed by atoms with Crippen LogP contribution in [0.3, 0.4) is 0 Å². The molecular formula is C14H16INO3. The van der Waals surface area contributed by atoms with E-state index in [1.54, 1.807) is 17.9 Å². The van der Waals surface area contributed by atoms with Gasteiger partial charge in [-0.3, -0.25) is 9.59 Å². The summed E-state index contributed by atoms with van der Waals surface area (Å²) in [5.41, 5.74) is 0.652. The molecule has 4 nitrogen and oxygen atoms in total. The van der Waals surface area contributed by atoms with Gasteiger partial charge in [0.2, 0.25) is 0 Å². The Kier molecular flexibility index (Phi) is 4.79. The summed E-state index contributed by atoms with van der Waals surface area (Å²) >= 11 is 2.14. The third-order valence-electron chi connectivity index (χ3n) is 2.96. The van der Waals surface area contributed by atoms with E-state index in [9.17, 15) is 9.59 Å². The SMILES string of the molecule is CCOC(=O)CN(C(=O)c1ccccc1I)C1CC1. The predicted octanol–water partition coefficient (Wildman–Crippen LogP) is 2.46. The highest BCUT2D eigenvalue weighted by Crippen LogP contribution is 2.29. The predicted molar refractivity (Wildman–Crippen MR) is 79.9 cm³/mol. The zero-order chi connectivity index (χ0) is 13.8. The lowest BCUT2D eigenvalue weighted by Crippen LogP contribution is -2.38. The van der Waals surface area contributed by atoms with E-state index in [2.05, 4.69) is 22.6 Å². The normalized spacial score (nSPS) is 14.0. The number of hydrogen-bond acceptors (Lipinski definition) is 3. The molecule has 0 radical (unpaired) electrons. The van der Waals surface area contributed by atoms with Gasteiger partial charge >= 0.3 is 5.97 Å². The fourth-order valence-electron chi connectivity index (χ4n) is 1.89. The third kappa shape index (κ3) is 3.68. The molecule has 1 fully saturated rings. The van der Waals surface area contributed by atoms with Gasteiger partial charge in [-0.05, 0) is 54.5 Å². The van der Waals surface area contributed by atoms with Gasteiger partial charge in [0.25, 0.3) is 5.91 Å². The van der Waals surface area contributed by atoms with Crippen LogP contribution in [-0.2, 0) is 9.53 Å². The van der Waals surface area contributed by atoms with Crippen molar-refractivity contribution in [2.24, 2.45) is 0 Å². The number of carbonyl (C=O) groups excluding carboxylic acids is 2. The molecule has 0 aliphatic heterocycles. The number of hydrogen-bond donors (Lipinski definition) is 0. The van der Waals surface area contributed by atoms with Gasteiger partial charge in [0, 0.05) is 9.61 Å².